The molecule has 1 atom stereocenters. The molecule has 0 aliphatic heterocycles. The van der Waals surface area contributed by atoms with Crippen LogP contribution in [0.2, 0.25) is 0 Å². The second-order valence-electron chi connectivity index (χ2n) is 9.90. The summed E-state index contributed by atoms with van der Waals surface area (Å²) >= 11 is 0. The van der Waals surface area contributed by atoms with Crippen LogP contribution in [0.3, 0.4) is 0 Å². The van der Waals surface area contributed by atoms with Crippen LogP contribution in [0.15, 0.2) is 91.0 Å². The fourth-order valence-corrected chi connectivity index (χ4v) is 5.27. The normalized spacial score (nSPS) is 14.6. The maximum absolute atomic E-state index is 13.3. The lowest BCUT2D eigenvalue weighted by Gasteiger charge is -2.23. The highest BCUT2D eigenvalue weighted by Gasteiger charge is 2.30. The van der Waals surface area contributed by atoms with Crippen LogP contribution in [-0.2, 0) is 4.74 Å². The van der Waals surface area contributed by atoms with Gasteiger partial charge in [0.2, 0.25) is 0 Å². The molecule has 6 heteroatoms. The van der Waals surface area contributed by atoms with Gasteiger partial charge in [-0.3, -0.25) is 0 Å². The van der Waals surface area contributed by atoms with Gasteiger partial charge in [0.1, 0.15) is 23.9 Å². The maximum atomic E-state index is 13.3. The van der Waals surface area contributed by atoms with Gasteiger partial charge in [-0.15, -0.1) is 0 Å². The fraction of sp³-hybridized carbons (Fsp3) is 0.242. The van der Waals surface area contributed by atoms with Crippen LogP contribution < -0.4 is 19.5 Å². The molecule has 4 aromatic carbocycles. The molecule has 0 saturated heterocycles. The molecule has 4 aromatic rings. The molecule has 0 heterocycles. The van der Waals surface area contributed by atoms with Gasteiger partial charge < -0.3 is 24.3 Å². The van der Waals surface area contributed by atoms with Crippen LogP contribution in [0.1, 0.15) is 47.1 Å². The number of nitrogens with one attached hydrogen (secondary N) is 1. The summed E-state index contributed by atoms with van der Waals surface area (Å²) in [6.45, 7) is 0.237. The standard InChI is InChI=1S/C33H31NO5/c1-36-24-17-18-29(31(19-24)37-2)32(21-11-13-22(14-12-21)39-23-15-16-23)34-33(35)38-20-30-27-9-5-3-7-25(27)26-8-4-6-10-28(26)30/h3-14,17-19,23,30,32H,15-16,20H2,1-2H3,(H,34,35). The predicted octanol–water partition coefficient (Wildman–Crippen LogP) is 6.87. The van der Waals surface area contributed by atoms with E-state index >= 15 is 0 Å². The summed E-state index contributed by atoms with van der Waals surface area (Å²) in [5.41, 5.74) is 6.41. The molecule has 6 nitrogen and oxygen atoms in total. The van der Waals surface area contributed by atoms with Crippen LogP contribution in [0.4, 0.5) is 4.79 Å². The van der Waals surface area contributed by atoms with Crippen molar-refractivity contribution in [1.29, 1.82) is 0 Å². The van der Waals surface area contributed by atoms with E-state index in [2.05, 4.69) is 29.6 Å². The molecule has 1 N–H and O–H groups in total. The van der Waals surface area contributed by atoms with E-state index in [9.17, 15) is 4.79 Å². The number of carbonyl (C=O) groups is 1. The minimum absolute atomic E-state index is 0.0176. The zero-order valence-electron chi connectivity index (χ0n) is 22.1. The average molecular weight is 522 g/mol. The van der Waals surface area contributed by atoms with Gasteiger partial charge >= 0.3 is 6.09 Å². The number of ether oxygens (including phenoxy) is 4. The van der Waals surface area contributed by atoms with Crippen molar-refractivity contribution < 1.29 is 23.7 Å². The molecule has 0 spiro atoms. The summed E-state index contributed by atoms with van der Waals surface area (Å²) in [5, 5.41) is 3.08. The molecule has 0 radical (unpaired) electrons. The van der Waals surface area contributed by atoms with Crippen LogP contribution in [0.25, 0.3) is 11.1 Å². The van der Waals surface area contributed by atoms with Gasteiger partial charge in [0, 0.05) is 17.5 Å². The maximum Gasteiger partial charge on any atom is 0.407 e. The van der Waals surface area contributed by atoms with Crippen molar-refractivity contribution in [3.63, 3.8) is 0 Å². The van der Waals surface area contributed by atoms with Crippen molar-refractivity contribution in [2.75, 3.05) is 20.8 Å². The van der Waals surface area contributed by atoms with Crippen LogP contribution in [0, 0.1) is 0 Å². The van der Waals surface area contributed by atoms with Crippen molar-refractivity contribution in [1.82, 2.24) is 5.32 Å². The predicted molar refractivity (Wildman–Crippen MR) is 150 cm³/mol. The number of alkyl carbamates (subject to hydrolysis) is 1. The number of amides is 1. The summed E-state index contributed by atoms with van der Waals surface area (Å²) in [4.78, 5) is 13.3. The number of methoxy groups -OCH3 is 2. The summed E-state index contributed by atoms with van der Waals surface area (Å²) < 4.78 is 22.9. The molecule has 0 bridgehead atoms. The van der Waals surface area contributed by atoms with Gasteiger partial charge in [0.15, 0.2) is 0 Å². The molecular weight excluding hydrogens is 490 g/mol. The van der Waals surface area contributed by atoms with E-state index < -0.39 is 12.1 Å². The number of rotatable bonds is 9. The van der Waals surface area contributed by atoms with Gasteiger partial charge in [-0.05, 0) is 64.9 Å². The highest BCUT2D eigenvalue weighted by molar-refractivity contribution is 5.79. The second-order valence-corrected chi connectivity index (χ2v) is 9.90. The molecule has 0 aromatic heterocycles. The lowest BCUT2D eigenvalue weighted by atomic mass is 9.97. The summed E-state index contributed by atoms with van der Waals surface area (Å²) in [6, 6.07) is 29.5. The third-order valence-electron chi connectivity index (χ3n) is 7.40. The van der Waals surface area contributed by atoms with Gasteiger partial charge in [-0.2, -0.15) is 0 Å². The Kier molecular flexibility index (Phi) is 6.84. The molecule has 198 valence electrons. The number of carbonyl (C=O) groups excluding carboxylic acids is 1. The van der Waals surface area contributed by atoms with Crippen molar-refractivity contribution in [2.24, 2.45) is 0 Å². The van der Waals surface area contributed by atoms with Gasteiger partial charge in [0.05, 0.1) is 26.4 Å². The first-order chi connectivity index (χ1) is 19.1. The van der Waals surface area contributed by atoms with E-state index in [0.717, 1.165) is 29.7 Å². The van der Waals surface area contributed by atoms with E-state index in [1.165, 1.54) is 22.3 Å². The van der Waals surface area contributed by atoms with Crippen LogP contribution >= 0.6 is 0 Å². The lowest BCUT2D eigenvalue weighted by Crippen LogP contribution is -2.31. The third-order valence-corrected chi connectivity index (χ3v) is 7.40. The van der Waals surface area contributed by atoms with Crippen molar-refractivity contribution in [3.8, 4) is 28.4 Å². The first-order valence-corrected chi connectivity index (χ1v) is 13.2. The Bertz CT molecular complexity index is 1430. The van der Waals surface area contributed by atoms with E-state index in [4.69, 9.17) is 18.9 Å². The van der Waals surface area contributed by atoms with E-state index in [1.54, 1.807) is 14.2 Å². The molecule has 1 unspecified atom stereocenters. The molecule has 1 saturated carbocycles. The molecule has 1 amide bonds. The van der Waals surface area contributed by atoms with Gasteiger partial charge in [-0.1, -0.05) is 60.7 Å². The molecule has 1 fully saturated rings. The van der Waals surface area contributed by atoms with Crippen LogP contribution in [0.5, 0.6) is 17.2 Å². The zero-order valence-corrected chi connectivity index (χ0v) is 22.1. The van der Waals surface area contributed by atoms with E-state index in [-0.39, 0.29) is 12.5 Å². The lowest BCUT2D eigenvalue weighted by molar-refractivity contribution is 0.140. The number of hydrogen-bond acceptors (Lipinski definition) is 5. The third kappa shape index (κ3) is 5.15. The topological polar surface area (TPSA) is 66.0 Å². The van der Waals surface area contributed by atoms with Crippen molar-refractivity contribution >= 4 is 6.09 Å². The largest absolute Gasteiger partial charge is 0.497 e. The van der Waals surface area contributed by atoms with E-state index in [0.29, 0.717) is 17.6 Å². The molecule has 2 aliphatic carbocycles. The Balaban J connectivity index is 1.24. The minimum Gasteiger partial charge on any atom is -0.497 e. The second kappa shape index (κ2) is 10.7. The summed E-state index contributed by atoms with van der Waals surface area (Å²) in [7, 11) is 3.22. The first kappa shape index (κ1) is 24.9. The summed E-state index contributed by atoms with van der Waals surface area (Å²) in [6.07, 6.45) is 2.00. The van der Waals surface area contributed by atoms with Crippen molar-refractivity contribution in [3.05, 3.63) is 113 Å². The molecular formula is C33H31NO5. The number of fused-ring (bicyclic) bond motifs is 3. The first-order valence-electron chi connectivity index (χ1n) is 13.2. The van der Waals surface area contributed by atoms with E-state index in [1.807, 2.05) is 66.7 Å². The quantitative estimate of drug-likeness (QED) is 0.260. The molecule has 2 aliphatic rings. The smallest absolute Gasteiger partial charge is 0.407 e. The van der Waals surface area contributed by atoms with Gasteiger partial charge in [-0.25, -0.2) is 4.79 Å². The zero-order chi connectivity index (χ0) is 26.8. The highest BCUT2D eigenvalue weighted by Crippen LogP contribution is 2.44. The Morgan fingerprint density at radius 1 is 0.821 bits per heavy atom. The van der Waals surface area contributed by atoms with Crippen molar-refractivity contribution in [2.45, 2.75) is 30.9 Å². The van der Waals surface area contributed by atoms with Gasteiger partial charge in [0.25, 0.3) is 0 Å². The highest BCUT2D eigenvalue weighted by atomic mass is 16.5. The SMILES string of the molecule is COc1ccc(C(NC(=O)OCC2c3ccccc3-c3ccccc32)c2ccc(OC3CC3)cc2)c(OC)c1. The number of benzene rings is 4. The molecule has 6 rings (SSSR count). The summed E-state index contributed by atoms with van der Waals surface area (Å²) in [5.74, 6) is 2.08. The monoisotopic (exact) mass is 521 g/mol. The fourth-order valence-electron chi connectivity index (χ4n) is 5.27. The molecule has 39 heavy (non-hydrogen) atoms. The minimum atomic E-state index is -0.503. The Morgan fingerprint density at radius 3 is 2.08 bits per heavy atom. The Morgan fingerprint density at radius 2 is 1.46 bits per heavy atom. The van der Waals surface area contributed by atoms with Crippen LogP contribution in [-0.4, -0.2) is 33.0 Å². The Labute approximate surface area is 228 Å². The number of hydrogen-bond donors (Lipinski definition) is 1. The average Bonchev–Trinajstić information content (AvgIpc) is 3.75. The Hall–Kier alpha value is -4.45.